The van der Waals surface area contributed by atoms with E-state index in [1.165, 1.54) is 39.0 Å². The van der Waals surface area contributed by atoms with Crippen LogP contribution in [0.2, 0.25) is 0 Å². The highest BCUT2D eigenvalue weighted by molar-refractivity contribution is 5.71. The summed E-state index contributed by atoms with van der Waals surface area (Å²) in [7, 11) is 16.4. The van der Waals surface area contributed by atoms with Crippen molar-refractivity contribution in [1.29, 1.82) is 0 Å². The molecule has 0 saturated heterocycles. The highest BCUT2D eigenvalue weighted by Crippen LogP contribution is 2.30. The third-order valence-electron chi connectivity index (χ3n) is 9.91. The minimum atomic E-state index is -0.559. The minimum Gasteiger partial charge on any atom is -0.410 e. The smallest absolute Gasteiger partial charge is 0.410 e. The van der Waals surface area contributed by atoms with Crippen LogP contribution in [0, 0.1) is 24.4 Å². The van der Waals surface area contributed by atoms with Crippen LogP contribution in [-0.2, 0) is 0 Å². The molecule has 3 rings (SSSR count). The van der Waals surface area contributed by atoms with Crippen LogP contribution in [0.25, 0.3) is 0 Å². The van der Waals surface area contributed by atoms with E-state index in [1.807, 2.05) is 105 Å². The Morgan fingerprint density at radius 1 is 0.525 bits per heavy atom. The van der Waals surface area contributed by atoms with Crippen molar-refractivity contribution in [2.75, 3.05) is 83.1 Å². The Bertz CT molecular complexity index is 1790. The average Bonchev–Trinajstić information content (AvgIpc) is 3.18. The Hall–Kier alpha value is -4.86. The molecule has 3 aromatic rings. The Morgan fingerprint density at radius 3 is 1.37 bits per heavy atom. The van der Waals surface area contributed by atoms with Crippen molar-refractivity contribution in [3.05, 3.63) is 88.2 Å². The van der Waals surface area contributed by atoms with Gasteiger partial charge < -0.3 is 43.6 Å². The van der Waals surface area contributed by atoms with Gasteiger partial charge in [-0.2, -0.15) is 0 Å². The third kappa shape index (κ3) is 16.7. The van der Waals surface area contributed by atoms with E-state index in [2.05, 4.69) is 0 Å². The molecule has 0 fully saturated rings. The number of hydrogen-bond acceptors (Lipinski definition) is 9. The van der Waals surface area contributed by atoms with Crippen molar-refractivity contribution < 1.29 is 41.8 Å². The maximum Gasteiger partial charge on any atom is 0.415 e. The number of aryl methyl sites for hydroxylation is 1. The third-order valence-corrected chi connectivity index (χ3v) is 9.91. The molecule has 0 aliphatic heterocycles. The lowest BCUT2D eigenvalue weighted by Gasteiger charge is -2.23. The van der Waals surface area contributed by atoms with Gasteiger partial charge in [-0.3, -0.25) is 0 Å². The fourth-order valence-electron chi connectivity index (χ4n) is 4.72. The first-order chi connectivity index (χ1) is 27.0. The molecule has 3 amide bonds. The van der Waals surface area contributed by atoms with Gasteiger partial charge in [0.15, 0.2) is 23.1 Å². The van der Waals surface area contributed by atoms with E-state index in [-0.39, 0.29) is 42.9 Å². The van der Waals surface area contributed by atoms with Crippen LogP contribution in [0.5, 0.6) is 17.2 Å². The summed E-state index contributed by atoms with van der Waals surface area (Å²) in [5, 5.41) is 0. The molecule has 3 aromatic carbocycles. The second-order valence-electron chi connectivity index (χ2n) is 14.6. The molecular formula is C44H69F3N6O6. The van der Waals surface area contributed by atoms with E-state index in [0.29, 0.717) is 30.9 Å². The van der Waals surface area contributed by atoms with Crippen LogP contribution in [0.4, 0.5) is 27.6 Å². The number of rotatable bonds is 12. The molecule has 0 spiro atoms. The Labute approximate surface area is 351 Å². The van der Waals surface area contributed by atoms with Crippen LogP contribution >= 0.6 is 0 Å². The molecule has 0 N–H and O–H groups in total. The average molecular weight is 835 g/mol. The molecule has 3 atom stereocenters. The maximum atomic E-state index is 13.9. The molecule has 332 valence electrons. The topological polar surface area (TPSA) is 98.3 Å². The lowest BCUT2D eigenvalue weighted by Crippen LogP contribution is -2.29. The summed E-state index contributed by atoms with van der Waals surface area (Å²) >= 11 is 0. The molecule has 15 heteroatoms. The van der Waals surface area contributed by atoms with Gasteiger partial charge in [0.25, 0.3) is 0 Å². The van der Waals surface area contributed by atoms with Gasteiger partial charge >= 0.3 is 18.3 Å². The number of carbonyl (C=O) groups excluding carboxylic acids is 3. The zero-order valence-electron chi connectivity index (χ0n) is 37.2. The van der Waals surface area contributed by atoms with Gasteiger partial charge in [-0.1, -0.05) is 13.5 Å². The molecule has 0 aliphatic rings. The highest BCUT2D eigenvalue weighted by Gasteiger charge is 2.20. The van der Waals surface area contributed by atoms with Crippen molar-refractivity contribution >= 4 is 18.3 Å². The van der Waals surface area contributed by atoms with Gasteiger partial charge in [-0.05, 0) is 150 Å². The fourth-order valence-corrected chi connectivity index (χ4v) is 4.72. The summed E-state index contributed by atoms with van der Waals surface area (Å²) in [6, 6.07) is 12.1. The van der Waals surface area contributed by atoms with Crippen LogP contribution < -0.4 is 14.2 Å². The number of ether oxygens (including phenoxy) is 3. The molecule has 0 aromatic heterocycles. The zero-order valence-corrected chi connectivity index (χ0v) is 37.2. The zero-order chi connectivity index (χ0) is 44.6. The van der Waals surface area contributed by atoms with Crippen LogP contribution in [-0.4, -0.2) is 131 Å². The largest absolute Gasteiger partial charge is 0.415 e. The van der Waals surface area contributed by atoms with Gasteiger partial charge in [0.2, 0.25) is 0 Å². The van der Waals surface area contributed by atoms with Gasteiger partial charge in [0.1, 0.15) is 11.6 Å². The van der Waals surface area contributed by atoms with Crippen LogP contribution in [0.3, 0.4) is 0 Å². The summed E-state index contributed by atoms with van der Waals surface area (Å²) in [5.41, 5.74) is 3.19. The predicted molar refractivity (Wildman–Crippen MR) is 230 cm³/mol. The van der Waals surface area contributed by atoms with Gasteiger partial charge in [-0.15, -0.1) is 0 Å². The van der Waals surface area contributed by atoms with E-state index in [9.17, 15) is 27.6 Å². The number of amides is 3. The molecule has 0 heterocycles. The number of nitrogens with zero attached hydrogens (tertiary/aromatic N) is 6. The van der Waals surface area contributed by atoms with Gasteiger partial charge in [-0.25, -0.2) is 27.6 Å². The van der Waals surface area contributed by atoms with Crippen LogP contribution in [0.1, 0.15) is 89.3 Å². The van der Waals surface area contributed by atoms with E-state index < -0.39 is 29.9 Å². The van der Waals surface area contributed by atoms with E-state index in [0.717, 1.165) is 16.7 Å². The molecule has 12 nitrogen and oxygen atoms in total. The van der Waals surface area contributed by atoms with Crippen molar-refractivity contribution in [2.24, 2.45) is 0 Å². The monoisotopic (exact) mass is 835 g/mol. The molecular weight excluding hydrogens is 766 g/mol. The fraction of sp³-hybridized carbons (Fsp3) is 0.523. The molecule has 0 aliphatic carbocycles. The second-order valence-corrected chi connectivity index (χ2v) is 14.6. The molecule has 0 radical (unpaired) electrons. The van der Waals surface area contributed by atoms with E-state index in [1.54, 1.807) is 45.4 Å². The van der Waals surface area contributed by atoms with Crippen molar-refractivity contribution in [3.8, 4) is 17.2 Å². The molecule has 0 bridgehead atoms. The van der Waals surface area contributed by atoms with Gasteiger partial charge in [0, 0.05) is 64.5 Å². The van der Waals surface area contributed by atoms with Crippen molar-refractivity contribution in [1.82, 2.24) is 29.4 Å². The number of hydrogen-bond donors (Lipinski definition) is 0. The molecule has 0 unspecified atom stereocenters. The lowest BCUT2D eigenvalue weighted by molar-refractivity contribution is 0.162. The van der Waals surface area contributed by atoms with Crippen LogP contribution in [0.15, 0.2) is 48.5 Å². The number of carbonyl (C=O) groups is 3. The lowest BCUT2D eigenvalue weighted by atomic mass is 10.0. The summed E-state index contributed by atoms with van der Waals surface area (Å²) in [5.74, 6) is -1.05. The second kappa shape index (κ2) is 25.6. The number of benzene rings is 3. The molecule has 59 heavy (non-hydrogen) atoms. The predicted octanol–water partition coefficient (Wildman–Crippen LogP) is 9.64. The summed E-state index contributed by atoms with van der Waals surface area (Å²) in [4.78, 5) is 45.1. The standard InChI is InChI=1S/C15H23FN2O2.2C14H21FN2O2.CH4/c1-7-18(6)15(19)20-14-9-12(11(3)17(4)5)10(2)8-13(14)16;1-6-17(5)14(18)19-11-7-8-13(15)12(9-11)10(2)16(3)4;1-6-17(5)14(18)19-13-9-11(7-8-12(13)15)10(2)16(3)4;/h8-9,11H,7H2,1-6H3;2*7-10H,6H2,1-5H3;1H4/t11-;2*10-;/m000./s1. The summed E-state index contributed by atoms with van der Waals surface area (Å²) in [6.45, 7) is 14.8. The minimum absolute atomic E-state index is 0. The molecule has 0 saturated carbocycles. The van der Waals surface area contributed by atoms with Crippen molar-refractivity contribution in [3.63, 3.8) is 0 Å². The maximum absolute atomic E-state index is 13.9. The normalized spacial score (nSPS) is 12.2. The van der Waals surface area contributed by atoms with Crippen molar-refractivity contribution in [2.45, 2.75) is 74.0 Å². The highest BCUT2D eigenvalue weighted by atomic mass is 19.1. The van der Waals surface area contributed by atoms with E-state index in [4.69, 9.17) is 14.2 Å². The summed E-state index contributed by atoms with van der Waals surface area (Å²) in [6.07, 6.45) is -1.56. The Morgan fingerprint density at radius 2 is 0.932 bits per heavy atom. The quantitative estimate of drug-likeness (QED) is 0.177. The number of halogens is 3. The Balaban J connectivity index is 0.000000848. The summed E-state index contributed by atoms with van der Waals surface area (Å²) < 4.78 is 56.7. The SMILES string of the molecule is C.CCN(C)C(=O)Oc1cc([C@H](C)N(C)C)c(C)cc1F.CCN(C)C(=O)Oc1cc([C@H](C)N(C)C)ccc1F.CCN(C)C(=O)Oc1ccc(F)c([C@H](C)N(C)C)c1. The van der Waals surface area contributed by atoms with E-state index >= 15 is 0 Å². The van der Waals surface area contributed by atoms with Gasteiger partial charge in [0.05, 0.1) is 0 Å². The first-order valence-corrected chi connectivity index (χ1v) is 19.2. The first-order valence-electron chi connectivity index (χ1n) is 19.2. The first kappa shape index (κ1) is 54.1. The Kier molecular flexibility index (Phi) is 23.5.